The molecule has 3 rings (SSSR count). The molecule has 2 saturated carbocycles. The van der Waals surface area contributed by atoms with E-state index in [0.29, 0.717) is 0 Å². The molecule has 2 aliphatic carbocycles. The maximum Gasteiger partial charge on any atom is 0.307 e. The lowest BCUT2D eigenvalue weighted by molar-refractivity contribution is -0.138. The largest absolute Gasteiger partial charge is 0.493 e. The minimum atomic E-state index is -0.676. The highest BCUT2D eigenvalue weighted by molar-refractivity contribution is 5.75. The van der Waals surface area contributed by atoms with Gasteiger partial charge in [0.1, 0.15) is 5.75 Å². The number of carbonyl (C=O) groups is 1. The third kappa shape index (κ3) is 2.35. The molecule has 18 heavy (non-hydrogen) atoms. The Morgan fingerprint density at radius 1 is 1.28 bits per heavy atom. The quantitative estimate of drug-likeness (QED) is 0.868. The molecule has 2 fully saturated rings. The zero-order chi connectivity index (χ0) is 12.5. The topological polar surface area (TPSA) is 46.5 Å². The molecule has 0 spiro atoms. The summed E-state index contributed by atoms with van der Waals surface area (Å²) < 4.78 is 5.72. The minimum absolute atomic E-state index is 0.174. The Kier molecular flexibility index (Phi) is 2.98. The lowest BCUT2D eigenvalue weighted by Gasteiger charge is -2.25. The Labute approximate surface area is 107 Å². The van der Waals surface area contributed by atoms with Gasteiger partial charge in [0.25, 0.3) is 0 Å². The average molecular weight is 246 g/mol. The molecule has 0 saturated heterocycles. The van der Waals surface area contributed by atoms with Gasteiger partial charge in [0.2, 0.25) is 0 Å². The highest BCUT2D eigenvalue weighted by Crippen LogP contribution is 2.47. The van der Waals surface area contributed by atoms with Gasteiger partial charge in [0.05, 0.1) is 12.5 Å². The van der Waals surface area contributed by atoms with Gasteiger partial charge in [-0.2, -0.15) is 0 Å². The third-order valence-corrected chi connectivity index (χ3v) is 4.13. The molecule has 2 atom stereocenters. The molecular formula is C15H18O3. The van der Waals surface area contributed by atoms with Gasteiger partial charge in [-0.25, -0.2) is 0 Å². The first kappa shape index (κ1) is 11.6. The van der Waals surface area contributed by atoms with Crippen molar-refractivity contribution in [2.24, 2.45) is 11.8 Å². The van der Waals surface area contributed by atoms with Crippen LogP contribution in [0.2, 0.25) is 0 Å². The smallest absolute Gasteiger partial charge is 0.307 e. The highest BCUT2D eigenvalue weighted by Gasteiger charge is 2.44. The van der Waals surface area contributed by atoms with Crippen molar-refractivity contribution in [1.82, 2.24) is 0 Å². The Balaban J connectivity index is 1.54. The van der Waals surface area contributed by atoms with Crippen LogP contribution in [0.5, 0.6) is 5.75 Å². The average Bonchev–Trinajstić information content (AvgIpc) is 3.08. The molecule has 0 aliphatic heterocycles. The number of carboxylic acid groups (broad SMARTS) is 1. The molecule has 3 nitrogen and oxygen atoms in total. The minimum Gasteiger partial charge on any atom is -0.493 e. The summed E-state index contributed by atoms with van der Waals surface area (Å²) in [5.74, 6) is 1.00. The SMILES string of the molecule is O=C(O)[C@@H]1C[C@H]1c1ccc(OCC2CCC2)cc1. The standard InChI is InChI=1S/C15H18O3/c16-15(17)14-8-13(14)11-4-6-12(7-5-11)18-9-10-2-1-3-10/h4-7,10,13-14H,1-3,8-9H2,(H,16,17)/t13-,14+/m0/s1. The molecule has 0 aromatic heterocycles. The zero-order valence-electron chi connectivity index (χ0n) is 10.3. The fourth-order valence-corrected chi connectivity index (χ4v) is 2.52. The van der Waals surface area contributed by atoms with Gasteiger partial charge in [0, 0.05) is 0 Å². The fraction of sp³-hybridized carbons (Fsp3) is 0.533. The maximum atomic E-state index is 10.8. The molecule has 0 amide bonds. The first-order valence-corrected chi connectivity index (χ1v) is 6.69. The van der Waals surface area contributed by atoms with E-state index in [1.807, 2.05) is 24.3 Å². The van der Waals surface area contributed by atoms with E-state index in [1.54, 1.807) is 0 Å². The molecule has 0 radical (unpaired) electrons. The number of aliphatic carboxylic acids is 1. The van der Waals surface area contributed by atoms with Crippen molar-refractivity contribution in [2.45, 2.75) is 31.6 Å². The van der Waals surface area contributed by atoms with E-state index in [-0.39, 0.29) is 11.8 Å². The molecule has 0 unspecified atom stereocenters. The van der Waals surface area contributed by atoms with Gasteiger partial charge < -0.3 is 9.84 Å². The van der Waals surface area contributed by atoms with Crippen molar-refractivity contribution in [3.05, 3.63) is 29.8 Å². The molecular weight excluding hydrogens is 228 g/mol. The Hall–Kier alpha value is -1.51. The predicted molar refractivity (Wildman–Crippen MR) is 67.8 cm³/mol. The normalized spacial score (nSPS) is 26.4. The van der Waals surface area contributed by atoms with Crippen molar-refractivity contribution in [3.63, 3.8) is 0 Å². The molecule has 1 aromatic rings. The second kappa shape index (κ2) is 4.63. The molecule has 0 bridgehead atoms. The molecule has 0 heterocycles. The summed E-state index contributed by atoms with van der Waals surface area (Å²) >= 11 is 0. The number of benzene rings is 1. The van der Waals surface area contributed by atoms with E-state index in [9.17, 15) is 4.79 Å². The van der Waals surface area contributed by atoms with Crippen LogP contribution in [0.25, 0.3) is 0 Å². The maximum absolute atomic E-state index is 10.8. The second-order valence-corrected chi connectivity index (χ2v) is 5.46. The van der Waals surface area contributed by atoms with Crippen LogP contribution in [-0.4, -0.2) is 17.7 Å². The van der Waals surface area contributed by atoms with E-state index >= 15 is 0 Å². The van der Waals surface area contributed by atoms with E-state index < -0.39 is 5.97 Å². The van der Waals surface area contributed by atoms with Crippen molar-refractivity contribution < 1.29 is 14.6 Å². The van der Waals surface area contributed by atoms with Crippen LogP contribution in [0.3, 0.4) is 0 Å². The van der Waals surface area contributed by atoms with Gasteiger partial charge in [-0.05, 0) is 48.8 Å². The van der Waals surface area contributed by atoms with Crippen LogP contribution < -0.4 is 4.74 Å². The van der Waals surface area contributed by atoms with Gasteiger partial charge in [-0.3, -0.25) is 4.79 Å². The van der Waals surface area contributed by atoms with Gasteiger partial charge >= 0.3 is 5.97 Å². The van der Waals surface area contributed by atoms with Gasteiger partial charge in [0.15, 0.2) is 0 Å². The van der Waals surface area contributed by atoms with Crippen LogP contribution in [0, 0.1) is 11.8 Å². The van der Waals surface area contributed by atoms with Crippen molar-refractivity contribution in [3.8, 4) is 5.75 Å². The first-order chi connectivity index (χ1) is 8.74. The third-order valence-electron chi connectivity index (χ3n) is 4.13. The van der Waals surface area contributed by atoms with Crippen LogP contribution >= 0.6 is 0 Å². The number of hydrogen-bond donors (Lipinski definition) is 1. The van der Waals surface area contributed by atoms with Crippen LogP contribution in [0.15, 0.2) is 24.3 Å². The Morgan fingerprint density at radius 3 is 2.50 bits per heavy atom. The van der Waals surface area contributed by atoms with Crippen molar-refractivity contribution in [1.29, 1.82) is 0 Å². The predicted octanol–water partition coefficient (Wildman–Crippen LogP) is 3.05. The molecule has 1 aromatic carbocycles. The number of ether oxygens (including phenoxy) is 1. The van der Waals surface area contributed by atoms with Crippen LogP contribution in [0.1, 0.15) is 37.2 Å². The summed E-state index contributed by atoms with van der Waals surface area (Å²) in [5, 5.41) is 8.89. The lowest BCUT2D eigenvalue weighted by Crippen LogP contribution is -2.19. The summed E-state index contributed by atoms with van der Waals surface area (Å²) in [4.78, 5) is 10.8. The van der Waals surface area contributed by atoms with Gasteiger partial charge in [-0.15, -0.1) is 0 Å². The Morgan fingerprint density at radius 2 is 2.00 bits per heavy atom. The second-order valence-electron chi connectivity index (χ2n) is 5.46. The first-order valence-electron chi connectivity index (χ1n) is 6.69. The van der Waals surface area contributed by atoms with E-state index in [0.717, 1.165) is 30.3 Å². The summed E-state index contributed by atoms with van der Waals surface area (Å²) in [7, 11) is 0. The summed E-state index contributed by atoms with van der Waals surface area (Å²) in [6.07, 6.45) is 4.70. The summed E-state index contributed by atoms with van der Waals surface area (Å²) in [6.45, 7) is 0.820. The van der Waals surface area contributed by atoms with Crippen LogP contribution in [0.4, 0.5) is 0 Å². The zero-order valence-corrected chi connectivity index (χ0v) is 10.3. The lowest BCUT2D eigenvalue weighted by atomic mass is 9.86. The van der Waals surface area contributed by atoms with E-state index in [4.69, 9.17) is 9.84 Å². The number of rotatable bonds is 5. The summed E-state index contributed by atoms with van der Waals surface area (Å²) in [5.41, 5.74) is 1.12. The monoisotopic (exact) mass is 246 g/mol. The summed E-state index contributed by atoms with van der Waals surface area (Å²) in [6, 6.07) is 7.93. The molecule has 96 valence electrons. The fourth-order valence-electron chi connectivity index (χ4n) is 2.52. The van der Waals surface area contributed by atoms with Crippen molar-refractivity contribution >= 4 is 5.97 Å². The highest BCUT2D eigenvalue weighted by atomic mass is 16.5. The van der Waals surface area contributed by atoms with Gasteiger partial charge in [-0.1, -0.05) is 18.6 Å². The molecule has 3 heteroatoms. The van der Waals surface area contributed by atoms with Crippen LogP contribution in [-0.2, 0) is 4.79 Å². The molecule has 2 aliphatic rings. The number of carboxylic acids is 1. The molecule has 1 N–H and O–H groups in total. The number of hydrogen-bond acceptors (Lipinski definition) is 2. The van der Waals surface area contributed by atoms with E-state index in [1.165, 1.54) is 19.3 Å². The van der Waals surface area contributed by atoms with E-state index in [2.05, 4.69) is 0 Å². The van der Waals surface area contributed by atoms with Crippen molar-refractivity contribution in [2.75, 3.05) is 6.61 Å². The Bertz CT molecular complexity index is 434.